The third kappa shape index (κ3) is 1.84. The smallest absolute Gasteiger partial charge is 0.0472 e. The lowest BCUT2D eigenvalue weighted by atomic mass is 10.3. The van der Waals surface area contributed by atoms with Crippen LogP contribution < -0.4 is 5.73 Å². The molecule has 0 fully saturated rings. The van der Waals surface area contributed by atoms with Crippen LogP contribution in [0.5, 0.6) is 0 Å². The number of benzene rings is 1. The van der Waals surface area contributed by atoms with Crippen LogP contribution in [0, 0.1) is 0 Å². The number of hydrogen-bond acceptors (Lipinski definition) is 3. The van der Waals surface area contributed by atoms with Crippen molar-refractivity contribution in [2.24, 2.45) is 0 Å². The fourth-order valence-corrected chi connectivity index (χ4v) is 1.77. The molecule has 10 heavy (non-hydrogen) atoms. The summed E-state index contributed by atoms with van der Waals surface area (Å²) in [5, 5.41) is 0. The number of thiol groups is 1. The zero-order valence-corrected chi connectivity index (χ0v) is 8.34. The molecule has 0 amide bonds. The molecule has 0 aliphatic carbocycles. The van der Waals surface area contributed by atoms with Crippen LogP contribution in [0.2, 0.25) is 0 Å². The molecule has 1 nitrogen and oxygen atoms in total. The topological polar surface area (TPSA) is 26.0 Å². The van der Waals surface area contributed by atoms with E-state index in [4.69, 9.17) is 5.73 Å². The highest BCUT2D eigenvalue weighted by Crippen LogP contribution is 2.29. The number of nitrogen functional groups attached to an aromatic ring is 1. The number of rotatable bonds is 1. The molecule has 0 bridgehead atoms. The predicted octanol–water partition coefficient (Wildman–Crippen LogP) is 2.97. The lowest BCUT2D eigenvalue weighted by Gasteiger charge is -1.99. The predicted molar refractivity (Wildman–Crippen MR) is 53.4 cm³/mol. The van der Waals surface area contributed by atoms with E-state index in [1.807, 2.05) is 18.2 Å². The van der Waals surface area contributed by atoms with E-state index in [0.717, 1.165) is 15.1 Å². The van der Waals surface area contributed by atoms with Gasteiger partial charge in [0.15, 0.2) is 0 Å². The van der Waals surface area contributed by atoms with E-state index in [1.54, 1.807) is 0 Å². The van der Waals surface area contributed by atoms with E-state index in [1.165, 1.54) is 10.8 Å². The van der Waals surface area contributed by atoms with Crippen molar-refractivity contribution in [3.8, 4) is 0 Å². The highest BCUT2D eigenvalue weighted by molar-refractivity contribution is 9.10. The Labute approximate surface area is 77.3 Å². The molecule has 0 spiro atoms. The molecule has 1 rings (SSSR count). The quantitative estimate of drug-likeness (QED) is 0.445. The molecule has 1 aromatic carbocycles. The lowest BCUT2D eigenvalue weighted by molar-refractivity contribution is 1.45. The molecule has 1 aromatic rings. The van der Waals surface area contributed by atoms with Gasteiger partial charge in [-0.25, -0.2) is 0 Å². The van der Waals surface area contributed by atoms with Crippen molar-refractivity contribution in [2.75, 3.05) is 5.73 Å². The fourth-order valence-electron chi connectivity index (χ4n) is 0.602. The summed E-state index contributed by atoms with van der Waals surface area (Å²) >= 11 is 7.35. The first kappa shape index (κ1) is 8.30. The molecule has 4 heteroatoms. The van der Waals surface area contributed by atoms with E-state index >= 15 is 0 Å². The zero-order valence-electron chi connectivity index (χ0n) is 5.04. The van der Waals surface area contributed by atoms with Gasteiger partial charge in [-0.15, -0.1) is 11.7 Å². The van der Waals surface area contributed by atoms with Gasteiger partial charge in [-0.3, -0.25) is 0 Å². The second-order valence-electron chi connectivity index (χ2n) is 1.77. The number of halogens is 1. The standard InChI is InChI=1S/C6H6BrNS2/c7-4-1-2-6(10-9)5(8)3-4/h1-3,9H,8H2. The van der Waals surface area contributed by atoms with Gasteiger partial charge < -0.3 is 5.73 Å². The summed E-state index contributed by atoms with van der Waals surface area (Å²) in [7, 11) is 1.35. The molecule has 0 aliphatic rings. The Morgan fingerprint density at radius 1 is 1.50 bits per heavy atom. The molecule has 0 heterocycles. The van der Waals surface area contributed by atoms with Crippen LogP contribution >= 0.6 is 38.4 Å². The molecule has 2 N–H and O–H groups in total. The average molecular weight is 236 g/mol. The van der Waals surface area contributed by atoms with Crippen LogP contribution in [0.3, 0.4) is 0 Å². The molecular formula is C6H6BrNS2. The van der Waals surface area contributed by atoms with Crippen molar-refractivity contribution < 1.29 is 0 Å². The minimum Gasteiger partial charge on any atom is -0.398 e. The Kier molecular flexibility index (Phi) is 2.95. The van der Waals surface area contributed by atoms with E-state index in [2.05, 4.69) is 27.6 Å². The van der Waals surface area contributed by atoms with Crippen LogP contribution in [-0.2, 0) is 0 Å². The van der Waals surface area contributed by atoms with Gasteiger partial charge >= 0.3 is 0 Å². The third-order valence-corrected chi connectivity index (χ3v) is 2.72. The minimum absolute atomic E-state index is 0.759. The first-order chi connectivity index (χ1) is 4.74. The van der Waals surface area contributed by atoms with Crippen LogP contribution in [0.15, 0.2) is 27.6 Å². The largest absolute Gasteiger partial charge is 0.398 e. The molecule has 54 valence electrons. The van der Waals surface area contributed by atoms with E-state index < -0.39 is 0 Å². The Balaban J connectivity index is 3.07. The molecule has 0 radical (unpaired) electrons. The molecule has 0 unspecified atom stereocenters. The van der Waals surface area contributed by atoms with Gasteiger partial charge in [0.25, 0.3) is 0 Å². The second kappa shape index (κ2) is 3.55. The van der Waals surface area contributed by atoms with Gasteiger partial charge in [-0.05, 0) is 18.2 Å². The van der Waals surface area contributed by atoms with Gasteiger partial charge in [0.1, 0.15) is 0 Å². The highest BCUT2D eigenvalue weighted by Gasteiger charge is 1.96. The first-order valence-corrected chi connectivity index (χ1v) is 5.26. The third-order valence-electron chi connectivity index (χ3n) is 1.07. The summed E-state index contributed by atoms with van der Waals surface area (Å²) in [5.74, 6) is 0. The Bertz CT molecular complexity index is 239. The minimum atomic E-state index is 0.759. The molecule has 0 atom stereocenters. The van der Waals surface area contributed by atoms with Crippen molar-refractivity contribution in [3.05, 3.63) is 22.7 Å². The van der Waals surface area contributed by atoms with Gasteiger partial charge in [-0.1, -0.05) is 26.7 Å². The van der Waals surface area contributed by atoms with Gasteiger partial charge in [0.05, 0.1) is 0 Å². The molecule has 0 saturated carbocycles. The summed E-state index contributed by atoms with van der Waals surface area (Å²) in [6.45, 7) is 0. The number of nitrogens with two attached hydrogens (primary N) is 1. The Morgan fingerprint density at radius 2 is 2.20 bits per heavy atom. The van der Waals surface area contributed by atoms with Crippen molar-refractivity contribution in [1.82, 2.24) is 0 Å². The van der Waals surface area contributed by atoms with Crippen molar-refractivity contribution in [2.45, 2.75) is 4.90 Å². The van der Waals surface area contributed by atoms with Gasteiger partial charge in [0, 0.05) is 15.1 Å². The van der Waals surface area contributed by atoms with Crippen molar-refractivity contribution in [1.29, 1.82) is 0 Å². The summed E-state index contributed by atoms with van der Waals surface area (Å²) in [6, 6.07) is 5.73. The summed E-state index contributed by atoms with van der Waals surface area (Å²) in [4.78, 5) is 0.992. The normalized spacial score (nSPS) is 9.80. The summed E-state index contributed by atoms with van der Waals surface area (Å²) < 4.78 is 0.996. The summed E-state index contributed by atoms with van der Waals surface area (Å²) in [6.07, 6.45) is 0. The zero-order chi connectivity index (χ0) is 7.56. The van der Waals surface area contributed by atoms with Gasteiger partial charge in [-0.2, -0.15) is 0 Å². The maximum atomic E-state index is 5.63. The maximum Gasteiger partial charge on any atom is 0.0472 e. The van der Waals surface area contributed by atoms with Crippen LogP contribution in [-0.4, -0.2) is 0 Å². The molecular weight excluding hydrogens is 230 g/mol. The van der Waals surface area contributed by atoms with Gasteiger partial charge in [0.2, 0.25) is 0 Å². The van der Waals surface area contributed by atoms with Crippen LogP contribution in [0.25, 0.3) is 0 Å². The van der Waals surface area contributed by atoms with E-state index in [-0.39, 0.29) is 0 Å². The summed E-state index contributed by atoms with van der Waals surface area (Å²) in [5.41, 5.74) is 6.39. The number of hydrogen-bond donors (Lipinski definition) is 2. The van der Waals surface area contributed by atoms with E-state index in [0.29, 0.717) is 0 Å². The fraction of sp³-hybridized carbons (Fsp3) is 0. The van der Waals surface area contributed by atoms with Crippen LogP contribution in [0.4, 0.5) is 5.69 Å². The molecule has 0 aromatic heterocycles. The SMILES string of the molecule is Nc1cc(Br)ccc1SS. The maximum absolute atomic E-state index is 5.63. The average Bonchev–Trinajstić information content (AvgIpc) is 1.88. The van der Waals surface area contributed by atoms with Crippen molar-refractivity contribution in [3.63, 3.8) is 0 Å². The molecule has 0 saturated heterocycles. The van der Waals surface area contributed by atoms with Crippen LogP contribution in [0.1, 0.15) is 0 Å². The molecule has 0 aliphatic heterocycles. The highest BCUT2D eigenvalue weighted by atomic mass is 79.9. The second-order valence-corrected chi connectivity index (χ2v) is 3.86. The Hall–Kier alpha value is 0.200. The Morgan fingerprint density at radius 3 is 2.70 bits per heavy atom. The monoisotopic (exact) mass is 235 g/mol. The first-order valence-electron chi connectivity index (χ1n) is 2.60. The van der Waals surface area contributed by atoms with E-state index in [9.17, 15) is 0 Å². The van der Waals surface area contributed by atoms with Crippen molar-refractivity contribution >= 4 is 44.1 Å². The number of anilines is 1. The lowest BCUT2D eigenvalue weighted by Crippen LogP contribution is -1.85.